The van der Waals surface area contributed by atoms with Gasteiger partial charge in [0.25, 0.3) is 5.91 Å². The number of methoxy groups -OCH3 is 1. The van der Waals surface area contributed by atoms with E-state index in [0.717, 1.165) is 5.56 Å². The molecule has 0 atom stereocenters. The van der Waals surface area contributed by atoms with E-state index in [9.17, 15) is 23.3 Å². The van der Waals surface area contributed by atoms with Gasteiger partial charge in [-0.1, -0.05) is 29.8 Å². The number of benzene rings is 3. The number of halogens is 1. The third-order valence-electron chi connectivity index (χ3n) is 4.99. The van der Waals surface area contributed by atoms with Gasteiger partial charge in [-0.25, -0.2) is 0 Å². The first-order valence-electron chi connectivity index (χ1n) is 10.5. The number of hydrogen-bond donors (Lipinski definition) is 1. The van der Waals surface area contributed by atoms with Gasteiger partial charge in [0.15, 0.2) is 17.3 Å². The van der Waals surface area contributed by atoms with Crippen molar-refractivity contribution in [3.63, 3.8) is 0 Å². The van der Waals surface area contributed by atoms with Gasteiger partial charge in [-0.15, -0.1) is 0 Å². The zero-order valence-corrected chi connectivity index (χ0v) is 22.5. The molecule has 3 aromatic carbocycles. The highest BCUT2D eigenvalue weighted by atomic mass is 127. The van der Waals surface area contributed by atoms with Crippen molar-refractivity contribution in [3.05, 3.63) is 86.5 Å². The molecule has 3 rings (SSSR count). The fraction of sp³-hybridized carbons (Fsp3) is 0.115. The fourth-order valence-corrected chi connectivity index (χ4v) is 5.01. The summed E-state index contributed by atoms with van der Waals surface area (Å²) in [6.45, 7) is 3.22. The van der Waals surface area contributed by atoms with Gasteiger partial charge in [0, 0.05) is 5.56 Å². The topological polar surface area (TPSA) is 123 Å². The Kier molecular flexibility index (Phi) is 8.49. The van der Waals surface area contributed by atoms with Crippen LogP contribution < -0.4 is 14.2 Å². The van der Waals surface area contributed by atoms with Gasteiger partial charge >= 0.3 is 10.1 Å². The van der Waals surface area contributed by atoms with E-state index in [1.807, 2.05) is 35.6 Å². The van der Waals surface area contributed by atoms with Gasteiger partial charge < -0.3 is 14.2 Å². The summed E-state index contributed by atoms with van der Waals surface area (Å²) >= 11 is 1.89. The molecule has 8 nitrogen and oxygen atoms in total. The molecular formula is C26H21IN2O6S. The maximum atomic E-state index is 12.8. The van der Waals surface area contributed by atoms with Crippen molar-refractivity contribution >= 4 is 56.2 Å². The number of amides is 1. The highest BCUT2D eigenvalue weighted by Crippen LogP contribution is 2.36. The molecule has 0 aliphatic rings. The van der Waals surface area contributed by atoms with Crippen LogP contribution in [0.1, 0.15) is 28.4 Å². The minimum Gasteiger partial charge on any atom is -0.493 e. The first-order valence-corrected chi connectivity index (χ1v) is 13.0. The van der Waals surface area contributed by atoms with Gasteiger partial charge in [0.1, 0.15) is 16.5 Å². The maximum absolute atomic E-state index is 12.8. The smallest absolute Gasteiger partial charge is 0.339 e. The molecule has 0 spiro atoms. The summed E-state index contributed by atoms with van der Waals surface area (Å²) < 4.78 is 36.6. The number of nitrogens with zero attached hydrogens (tertiary/aromatic N) is 1. The van der Waals surface area contributed by atoms with Gasteiger partial charge in [-0.2, -0.15) is 13.7 Å². The summed E-state index contributed by atoms with van der Waals surface area (Å²) in [5, 5.41) is 12.2. The quantitative estimate of drug-likeness (QED) is 0.123. The number of anilines is 1. The third-order valence-corrected chi connectivity index (χ3v) is 7.02. The molecule has 0 saturated carbocycles. The van der Waals surface area contributed by atoms with Crippen molar-refractivity contribution in [3.8, 4) is 17.6 Å². The summed E-state index contributed by atoms with van der Waals surface area (Å²) in [5.41, 5.74) is 1.68. The molecule has 0 fully saturated rings. The van der Waals surface area contributed by atoms with Crippen LogP contribution in [0.3, 0.4) is 0 Å². The second-order valence-corrected chi connectivity index (χ2v) is 10.3. The number of nitrogens with one attached hydrogen (secondary N) is 1. The minimum absolute atomic E-state index is 0.00999. The first kappa shape index (κ1) is 26.9. The highest BCUT2D eigenvalue weighted by molar-refractivity contribution is 14.1. The number of rotatable bonds is 8. The molecular weight excluding hydrogens is 595 g/mol. The molecule has 36 heavy (non-hydrogen) atoms. The minimum atomic E-state index is -4.13. The summed E-state index contributed by atoms with van der Waals surface area (Å²) in [7, 11) is -2.78. The number of nitriles is 1. The van der Waals surface area contributed by atoms with Gasteiger partial charge in [-0.3, -0.25) is 9.59 Å². The molecule has 0 unspecified atom stereocenters. The van der Waals surface area contributed by atoms with Crippen LogP contribution in [0.5, 0.6) is 11.5 Å². The van der Waals surface area contributed by atoms with Crippen molar-refractivity contribution in [1.29, 1.82) is 5.26 Å². The SMILES string of the molecule is COc1cc(/C=C(/C#N)C(=O)Nc2ccccc2C(C)=O)cc(I)c1OS(=O)(=O)c1ccc(C)cc1. The van der Waals surface area contributed by atoms with Crippen molar-refractivity contribution in [2.45, 2.75) is 18.7 Å². The van der Waals surface area contributed by atoms with Crippen LogP contribution in [0.15, 0.2) is 71.1 Å². The number of carbonyl (C=O) groups excluding carboxylic acids is 2. The number of hydrogen-bond acceptors (Lipinski definition) is 7. The Morgan fingerprint density at radius 3 is 2.36 bits per heavy atom. The van der Waals surface area contributed by atoms with E-state index in [0.29, 0.717) is 14.7 Å². The van der Waals surface area contributed by atoms with E-state index in [-0.39, 0.29) is 33.4 Å². The summed E-state index contributed by atoms with van der Waals surface area (Å²) in [6.07, 6.45) is 1.33. The average molecular weight is 616 g/mol. The van der Waals surface area contributed by atoms with Gasteiger partial charge in [0.05, 0.1) is 16.4 Å². The predicted molar refractivity (Wildman–Crippen MR) is 143 cm³/mol. The molecule has 3 aromatic rings. The normalized spacial score (nSPS) is 11.4. The Hall–Kier alpha value is -3.69. The lowest BCUT2D eigenvalue weighted by atomic mass is 10.1. The molecule has 0 radical (unpaired) electrons. The predicted octanol–water partition coefficient (Wildman–Crippen LogP) is 5.12. The van der Waals surface area contributed by atoms with Crippen LogP contribution in [-0.4, -0.2) is 27.2 Å². The first-order chi connectivity index (χ1) is 17.1. The highest BCUT2D eigenvalue weighted by Gasteiger charge is 2.22. The molecule has 184 valence electrons. The van der Waals surface area contributed by atoms with E-state index < -0.39 is 16.0 Å². The lowest BCUT2D eigenvalue weighted by Crippen LogP contribution is -2.15. The van der Waals surface area contributed by atoms with Crippen molar-refractivity contribution < 1.29 is 26.9 Å². The van der Waals surface area contributed by atoms with Crippen LogP contribution in [0, 0.1) is 21.8 Å². The van der Waals surface area contributed by atoms with Crippen LogP contribution in [0.2, 0.25) is 0 Å². The van der Waals surface area contributed by atoms with Gasteiger partial charge in [0.2, 0.25) is 0 Å². The van der Waals surface area contributed by atoms with E-state index in [1.54, 1.807) is 42.5 Å². The zero-order valence-electron chi connectivity index (χ0n) is 19.5. The number of carbonyl (C=O) groups is 2. The summed E-state index contributed by atoms with van der Waals surface area (Å²) in [4.78, 5) is 24.6. The number of ether oxygens (including phenoxy) is 1. The van der Waals surface area contributed by atoms with Crippen LogP contribution in [-0.2, 0) is 14.9 Å². The Morgan fingerprint density at radius 1 is 1.08 bits per heavy atom. The Labute approximate surface area is 222 Å². The molecule has 0 saturated heterocycles. The second-order valence-electron chi connectivity index (χ2n) is 7.61. The van der Waals surface area contributed by atoms with Crippen LogP contribution >= 0.6 is 22.6 Å². The Morgan fingerprint density at radius 2 is 1.75 bits per heavy atom. The molecule has 0 aromatic heterocycles. The number of ketones is 1. The van der Waals surface area contributed by atoms with Crippen LogP contribution in [0.4, 0.5) is 5.69 Å². The number of para-hydroxylation sites is 1. The molecule has 0 aliphatic heterocycles. The third kappa shape index (κ3) is 6.30. The average Bonchev–Trinajstić information content (AvgIpc) is 2.84. The summed E-state index contributed by atoms with van der Waals surface area (Å²) in [5.74, 6) is -0.857. The van der Waals surface area contributed by atoms with Gasteiger partial charge in [-0.05, 0) is 84.5 Å². The second kappa shape index (κ2) is 11.4. The van der Waals surface area contributed by atoms with Crippen molar-refractivity contribution in [2.24, 2.45) is 0 Å². The number of Topliss-reactive ketones (excluding diaryl/α,β-unsaturated/α-hetero) is 1. The molecule has 0 heterocycles. The monoisotopic (exact) mass is 616 g/mol. The Balaban J connectivity index is 1.93. The van der Waals surface area contributed by atoms with Crippen LogP contribution in [0.25, 0.3) is 6.08 Å². The Bertz CT molecular complexity index is 1510. The standard InChI is InChI=1S/C26H21IN2O6S/c1-16-8-10-20(11-9-16)36(32,33)35-25-22(27)13-18(14-24(25)34-3)12-19(15-28)26(31)29-23-7-5-4-6-21(23)17(2)30/h4-14H,1-3H3,(H,29,31)/b19-12-. The number of aryl methyl sites for hydroxylation is 1. The largest absolute Gasteiger partial charge is 0.493 e. The fourth-order valence-electron chi connectivity index (χ4n) is 3.17. The lowest BCUT2D eigenvalue weighted by Gasteiger charge is -2.14. The van der Waals surface area contributed by atoms with Crippen molar-refractivity contribution in [2.75, 3.05) is 12.4 Å². The van der Waals surface area contributed by atoms with E-state index in [4.69, 9.17) is 8.92 Å². The lowest BCUT2D eigenvalue weighted by molar-refractivity contribution is -0.112. The zero-order chi connectivity index (χ0) is 26.5. The molecule has 10 heteroatoms. The molecule has 0 aliphatic carbocycles. The maximum Gasteiger partial charge on any atom is 0.339 e. The molecule has 0 bridgehead atoms. The van der Waals surface area contributed by atoms with E-state index in [1.165, 1.54) is 38.3 Å². The summed E-state index contributed by atoms with van der Waals surface area (Å²) in [6, 6.07) is 17.5. The van der Waals surface area contributed by atoms with E-state index in [2.05, 4.69) is 5.32 Å². The molecule has 1 amide bonds. The van der Waals surface area contributed by atoms with E-state index >= 15 is 0 Å². The van der Waals surface area contributed by atoms with Crippen molar-refractivity contribution in [1.82, 2.24) is 0 Å². The molecule has 1 N–H and O–H groups in total.